The van der Waals surface area contributed by atoms with Crippen molar-refractivity contribution in [3.05, 3.63) is 54.6 Å². The maximum atomic E-state index is 11.9. The molecule has 4 heterocycles. The molecule has 4 saturated heterocycles. The summed E-state index contributed by atoms with van der Waals surface area (Å²) >= 11 is 0. The predicted octanol–water partition coefficient (Wildman–Crippen LogP) is 7.80. The lowest BCUT2D eigenvalue weighted by Gasteiger charge is -2.27. The second kappa shape index (κ2) is 24.5. The number of hydrogen-bond acceptors (Lipinski definition) is 8. The van der Waals surface area contributed by atoms with Crippen LogP contribution in [0.4, 0.5) is 0 Å². The first-order valence-electron chi connectivity index (χ1n) is 17.2. The zero-order chi connectivity index (χ0) is 35.2. The van der Waals surface area contributed by atoms with Gasteiger partial charge in [-0.15, -0.1) is 0 Å². The molecule has 1 N–H and O–H groups in total. The van der Waals surface area contributed by atoms with Crippen molar-refractivity contribution in [1.82, 2.24) is 0 Å². The van der Waals surface area contributed by atoms with Crippen molar-refractivity contribution in [2.45, 2.75) is 123 Å². The lowest BCUT2D eigenvalue weighted by atomic mass is 9.93. The van der Waals surface area contributed by atoms with Gasteiger partial charge in [-0.25, -0.2) is 8.42 Å². The van der Waals surface area contributed by atoms with E-state index in [1.807, 2.05) is 54.5 Å². The SMILES string of the molecule is C=C1C(C)OCC[C@H]1C.C=C1COC(CCCO)C1.CC.CC.CC1COC(C)(C)O1.O=S(=O)(CC1CCOC1)c1ccccc1. The van der Waals surface area contributed by atoms with E-state index in [0.717, 1.165) is 51.9 Å². The summed E-state index contributed by atoms with van der Waals surface area (Å²) in [5.41, 5.74) is 2.43. The Kier molecular flexibility index (Phi) is 23.7. The molecule has 4 unspecified atom stereocenters. The van der Waals surface area contributed by atoms with Gasteiger partial charge in [-0.05, 0) is 94.9 Å². The molecular formula is C37H66O8S. The fourth-order valence-corrected chi connectivity index (χ4v) is 6.56. The highest BCUT2D eigenvalue weighted by Gasteiger charge is 2.29. The largest absolute Gasteiger partial charge is 0.396 e. The first kappa shape index (κ1) is 44.4. The molecule has 1 aromatic carbocycles. The third-order valence-electron chi connectivity index (χ3n) is 7.53. The summed E-state index contributed by atoms with van der Waals surface area (Å²) in [4.78, 5) is 0.414. The van der Waals surface area contributed by atoms with E-state index in [0.29, 0.717) is 30.1 Å². The minimum Gasteiger partial charge on any atom is -0.396 e. The zero-order valence-corrected chi connectivity index (χ0v) is 31.2. The van der Waals surface area contributed by atoms with Crippen LogP contribution in [-0.2, 0) is 33.5 Å². The summed E-state index contributed by atoms with van der Waals surface area (Å²) in [5, 5.41) is 8.51. The summed E-state index contributed by atoms with van der Waals surface area (Å²) in [6.45, 7) is 29.8. The van der Waals surface area contributed by atoms with Crippen LogP contribution in [0.5, 0.6) is 0 Å². The maximum absolute atomic E-state index is 11.9. The standard InChI is InChI=1S/C11H14O3S.C8H14O2.C8H14O.C6H12O2.2C2H6/c12-15(13,9-10-6-7-14-8-10)11-4-2-1-3-5-11;1-7-5-8(10-6-7)3-2-4-9;1-6-4-5-9-8(3)7(6)2;1-5-4-7-6(2,3)8-5;2*1-2/h1-5,10H,6-9H2;8-9H,1-6H2;6,8H,2,4-5H2,1,3H3;5H,4H2,1-3H3;2*1-2H3/t;;6-,8?;;;/m..1.../s1. The summed E-state index contributed by atoms with van der Waals surface area (Å²) < 4.78 is 50.3. The third kappa shape index (κ3) is 18.7. The number of aliphatic hydroxyl groups excluding tert-OH is 1. The van der Waals surface area contributed by atoms with Crippen LogP contribution in [0.25, 0.3) is 0 Å². The van der Waals surface area contributed by atoms with E-state index in [1.165, 1.54) is 11.1 Å². The number of ether oxygens (including phenoxy) is 5. The molecule has 0 aromatic heterocycles. The average molecular weight is 671 g/mol. The normalized spacial score (nSPS) is 26.3. The molecule has 8 nitrogen and oxygen atoms in total. The van der Waals surface area contributed by atoms with Crippen molar-refractivity contribution in [1.29, 1.82) is 0 Å². The summed E-state index contributed by atoms with van der Waals surface area (Å²) in [5.74, 6) is 0.695. The van der Waals surface area contributed by atoms with Gasteiger partial charge in [0.1, 0.15) is 0 Å². The van der Waals surface area contributed by atoms with Crippen LogP contribution in [0.2, 0.25) is 0 Å². The molecule has 0 saturated carbocycles. The Morgan fingerprint density at radius 2 is 1.59 bits per heavy atom. The van der Waals surface area contributed by atoms with Gasteiger partial charge in [0.2, 0.25) is 0 Å². The summed E-state index contributed by atoms with van der Waals surface area (Å²) in [6.07, 6.45) is 5.68. The van der Waals surface area contributed by atoms with Gasteiger partial charge in [-0.2, -0.15) is 0 Å². The molecule has 1 aromatic rings. The summed E-state index contributed by atoms with van der Waals surface area (Å²) in [6, 6.07) is 8.60. The van der Waals surface area contributed by atoms with Crippen molar-refractivity contribution < 1.29 is 37.2 Å². The van der Waals surface area contributed by atoms with Gasteiger partial charge in [0.15, 0.2) is 15.6 Å². The zero-order valence-electron chi connectivity index (χ0n) is 30.4. The lowest BCUT2D eigenvalue weighted by Crippen LogP contribution is -2.23. The molecule has 5 rings (SSSR count). The smallest absolute Gasteiger partial charge is 0.178 e. The number of aliphatic hydroxyl groups is 1. The highest BCUT2D eigenvalue weighted by Crippen LogP contribution is 2.24. The fourth-order valence-electron chi connectivity index (χ4n) is 4.91. The molecule has 0 amide bonds. The van der Waals surface area contributed by atoms with Gasteiger partial charge in [-0.3, -0.25) is 0 Å². The van der Waals surface area contributed by atoms with Gasteiger partial charge in [0.25, 0.3) is 0 Å². The Labute approximate surface area is 281 Å². The molecule has 4 aliphatic heterocycles. The van der Waals surface area contributed by atoms with Crippen LogP contribution < -0.4 is 0 Å². The molecule has 4 fully saturated rings. The Balaban J connectivity index is 0.000000582. The summed E-state index contributed by atoms with van der Waals surface area (Å²) in [7, 11) is -3.12. The topological polar surface area (TPSA) is 101 Å². The van der Waals surface area contributed by atoms with Crippen molar-refractivity contribution in [2.24, 2.45) is 11.8 Å². The molecule has 5 atom stereocenters. The van der Waals surface area contributed by atoms with Crippen LogP contribution in [0.15, 0.2) is 59.5 Å². The highest BCUT2D eigenvalue weighted by atomic mass is 32.2. The van der Waals surface area contributed by atoms with Crippen molar-refractivity contribution in [3.8, 4) is 0 Å². The van der Waals surface area contributed by atoms with Crippen molar-refractivity contribution in [3.63, 3.8) is 0 Å². The van der Waals surface area contributed by atoms with E-state index >= 15 is 0 Å². The Morgan fingerprint density at radius 3 is 2.00 bits per heavy atom. The molecule has 0 aliphatic carbocycles. The molecular weight excluding hydrogens is 604 g/mol. The van der Waals surface area contributed by atoms with Crippen LogP contribution in [-0.4, -0.2) is 83.0 Å². The van der Waals surface area contributed by atoms with Gasteiger partial charge in [-0.1, -0.05) is 66.0 Å². The number of hydrogen-bond donors (Lipinski definition) is 1. The first-order valence-corrected chi connectivity index (χ1v) is 18.8. The second-order valence-corrected chi connectivity index (χ2v) is 14.0. The van der Waals surface area contributed by atoms with Gasteiger partial charge in [0.05, 0.1) is 48.8 Å². The fraction of sp³-hybridized carbons (Fsp3) is 0.730. The third-order valence-corrected chi connectivity index (χ3v) is 9.43. The van der Waals surface area contributed by atoms with Gasteiger partial charge >= 0.3 is 0 Å². The molecule has 46 heavy (non-hydrogen) atoms. The Morgan fingerprint density at radius 1 is 0.935 bits per heavy atom. The van der Waals surface area contributed by atoms with E-state index in [-0.39, 0.29) is 36.3 Å². The van der Waals surface area contributed by atoms with E-state index in [1.54, 1.807) is 24.3 Å². The molecule has 9 heteroatoms. The number of rotatable bonds is 6. The lowest BCUT2D eigenvalue weighted by molar-refractivity contribution is -0.136. The second-order valence-electron chi connectivity index (χ2n) is 12.0. The van der Waals surface area contributed by atoms with Crippen molar-refractivity contribution >= 4 is 9.84 Å². The van der Waals surface area contributed by atoms with Crippen LogP contribution in [0.1, 0.15) is 94.4 Å². The molecule has 0 bridgehead atoms. The van der Waals surface area contributed by atoms with Crippen LogP contribution >= 0.6 is 0 Å². The van der Waals surface area contributed by atoms with Crippen LogP contribution in [0, 0.1) is 11.8 Å². The average Bonchev–Trinajstić information content (AvgIpc) is 3.79. The highest BCUT2D eigenvalue weighted by molar-refractivity contribution is 7.91. The molecule has 0 radical (unpaired) electrons. The predicted molar refractivity (Wildman–Crippen MR) is 189 cm³/mol. The Hall–Kier alpha value is -1.59. The minimum absolute atomic E-state index is 0.162. The number of benzene rings is 1. The van der Waals surface area contributed by atoms with Gasteiger partial charge < -0.3 is 28.8 Å². The van der Waals surface area contributed by atoms with Crippen LogP contribution in [0.3, 0.4) is 0 Å². The van der Waals surface area contributed by atoms with Crippen molar-refractivity contribution in [2.75, 3.05) is 45.4 Å². The van der Waals surface area contributed by atoms with Gasteiger partial charge in [0, 0.05) is 19.8 Å². The quantitative estimate of drug-likeness (QED) is 0.306. The van der Waals surface area contributed by atoms with E-state index < -0.39 is 9.84 Å². The van der Waals surface area contributed by atoms with E-state index in [9.17, 15) is 8.42 Å². The van der Waals surface area contributed by atoms with E-state index in [2.05, 4.69) is 27.0 Å². The monoisotopic (exact) mass is 670 g/mol. The molecule has 0 spiro atoms. The first-order chi connectivity index (χ1) is 21.8. The minimum atomic E-state index is -3.12. The Bertz CT molecular complexity index is 1020. The van der Waals surface area contributed by atoms with E-state index in [4.69, 9.17) is 28.8 Å². The number of sulfone groups is 1. The molecule has 268 valence electrons. The molecule has 4 aliphatic rings. The maximum Gasteiger partial charge on any atom is 0.178 e.